The largest absolute Gasteiger partial charge is 0.444 e. The van der Waals surface area contributed by atoms with Crippen LogP contribution in [-0.2, 0) is 11.3 Å². The summed E-state index contributed by atoms with van der Waals surface area (Å²) in [5.41, 5.74) is 0.621. The fourth-order valence-electron chi connectivity index (χ4n) is 2.17. The SMILES string of the molecule is CCNC(=NCc1nc(C(C)C)cs1)NCCN(CC)C(=O)OC(C)(C)C. The highest BCUT2D eigenvalue weighted by Crippen LogP contribution is 2.18. The second-order valence-corrected chi connectivity index (χ2v) is 8.45. The summed E-state index contributed by atoms with van der Waals surface area (Å²) in [5.74, 6) is 1.15. The summed E-state index contributed by atoms with van der Waals surface area (Å²) < 4.78 is 5.43. The Hall–Kier alpha value is -1.83. The van der Waals surface area contributed by atoms with E-state index in [4.69, 9.17) is 4.74 Å². The van der Waals surface area contributed by atoms with Gasteiger partial charge in [0.15, 0.2) is 5.96 Å². The average molecular weight is 398 g/mol. The van der Waals surface area contributed by atoms with E-state index in [9.17, 15) is 4.79 Å². The molecular weight excluding hydrogens is 362 g/mol. The molecule has 27 heavy (non-hydrogen) atoms. The molecule has 0 saturated heterocycles. The summed E-state index contributed by atoms with van der Waals surface area (Å²) in [6.07, 6.45) is -0.294. The molecule has 8 heteroatoms. The van der Waals surface area contributed by atoms with Crippen LogP contribution in [0.15, 0.2) is 10.4 Å². The number of amides is 1. The standard InChI is InChI=1S/C19H35N5O2S/c1-8-20-17(22-12-16-23-15(13-27-16)14(3)4)21-10-11-24(9-2)18(25)26-19(5,6)7/h13-14H,8-12H2,1-7H3,(H2,20,21,22). The number of hydrogen-bond donors (Lipinski definition) is 2. The third kappa shape index (κ3) is 9.08. The van der Waals surface area contributed by atoms with Gasteiger partial charge in [0, 0.05) is 31.6 Å². The molecule has 1 aromatic rings. The molecule has 0 radical (unpaired) electrons. The highest BCUT2D eigenvalue weighted by atomic mass is 32.1. The highest BCUT2D eigenvalue weighted by molar-refractivity contribution is 7.09. The Bertz CT molecular complexity index is 607. The van der Waals surface area contributed by atoms with Crippen molar-refractivity contribution >= 4 is 23.4 Å². The number of aromatic nitrogens is 1. The molecule has 0 spiro atoms. The number of thiazole rings is 1. The summed E-state index contributed by atoms with van der Waals surface area (Å²) >= 11 is 1.64. The smallest absolute Gasteiger partial charge is 0.410 e. The van der Waals surface area contributed by atoms with Crippen molar-refractivity contribution in [2.45, 2.75) is 66.5 Å². The molecule has 0 saturated carbocycles. The number of rotatable bonds is 8. The predicted octanol–water partition coefficient (Wildman–Crippen LogP) is 3.58. The van der Waals surface area contributed by atoms with Gasteiger partial charge in [-0.15, -0.1) is 11.3 Å². The summed E-state index contributed by atoms with van der Waals surface area (Å²) in [7, 11) is 0. The van der Waals surface area contributed by atoms with Gasteiger partial charge in [-0.2, -0.15) is 0 Å². The Kier molecular flexibility index (Phi) is 9.55. The number of carbonyl (C=O) groups is 1. The molecule has 0 unspecified atom stereocenters. The minimum Gasteiger partial charge on any atom is -0.444 e. The Morgan fingerprint density at radius 2 is 2.04 bits per heavy atom. The normalized spacial score (nSPS) is 12.2. The quantitative estimate of drug-likeness (QED) is 0.518. The Morgan fingerprint density at radius 3 is 2.56 bits per heavy atom. The van der Waals surface area contributed by atoms with Crippen molar-refractivity contribution in [3.05, 3.63) is 16.1 Å². The van der Waals surface area contributed by atoms with Gasteiger partial charge >= 0.3 is 6.09 Å². The highest BCUT2D eigenvalue weighted by Gasteiger charge is 2.20. The number of nitrogens with zero attached hydrogens (tertiary/aromatic N) is 3. The van der Waals surface area contributed by atoms with Gasteiger partial charge in [-0.25, -0.2) is 14.8 Å². The van der Waals surface area contributed by atoms with E-state index in [2.05, 4.69) is 39.8 Å². The van der Waals surface area contributed by atoms with Crippen molar-refractivity contribution in [3.8, 4) is 0 Å². The first-order valence-electron chi connectivity index (χ1n) is 9.60. The lowest BCUT2D eigenvalue weighted by Crippen LogP contribution is -2.44. The topological polar surface area (TPSA) is 78.9 Å². The van der Waals surface area contributed by atoms with Gasteiger partial charge < -0.3 is 20.3 Å². The minimum absolute atomic E-state index is 0.294. The number of likely N-dealkylation sites (N-methyl/N-ethyl adjacent to an activating group) is 1. The molecule has 0 aliphatic rings. The molecule has 1 amide bonds. The second kappa shape index (κ2) is 11.1. The molecule has 1 heterocycles. The van der Waals surface area contributed by atoms with Crippen LogP contribution in [0.5, 0.6) is 0 Å². The van der Waals surface area contributed by atoms with Crippen LogP contribution in [0.1, 0.15) is 65.1 Å². The van der Waals surface area contributed by atoms with E-state index in [1.54, 1.807) is 16.2 Å². The van der Waals surface area contributed by atoms with Gasteiger partial charge in [-0.05, 0) is 40.5 Å². The third-order valence-corrected chi connectivity index (χ3v) is 4.44. The summed E-state index contributed by atoms with van der Waals surface area (Å²) in [6.45, 7) is 16.9. The first kappa shape index (κ1) is 23.2. The average Bonchev–Trinajstić information content (AvgIpc) is 3.04. The number of ether oxygens (including phenoxy) is 1. The molecule has 154 valence electrons. The van der Waals surface area contributed by atoms with Crippen LogP contribution in [0, 0.1) is 0 Å². The van der Waals surface area contributed by atoms with Crippen LogP contribution in [-0.4, -0.2) is 53.7 Å². The molecule has 2 N–H and O–H groups in total. The maximum atomic E-state index is 12.2. The Balaban J connectivity index is 2.56. The summed E-state index contributed by atoms with van der Waals surface area (Å²) in [5, 5.41) is 9.58. The zero-order valence-electron chi connectivity index (χ0n) is 17.8. The first-order valence-corrected chi connectivity index (χ1v) is 10.5. The van der Waals surface area contributed by atoms with Gasteiger partial charge in [-0.1, -0.05) is 13.8 Å². The van der Waals surface area contributed by atoms with E-state index < -0.39 is 5.60 Å². The molecule has 0 aromatic carbocycles. The van der Waals surface area contributed by atoms with Gasteiger partial charge in [0.05, 0.1) is 12.2 Å². The summed E-state index contributed by atoms with van der Waals surface area (Å²) in [6, 6.07) is 0. The number of carbonyl (C=O) groups excluding carboxylic acids is 1. The predicted molar refractivity (Wildman–Crippen MR) is 113 cm³/mol. The zero-order chi connectivity index (χ0) is 20.4. The molecular formula is C19H35N5O2S. The van der Waals surface area contributed by atoms with Crippen LogP contribution >= 0.6 is 11.3 Å². The van der Waals surface area contributed by atoms with E-state index >= 15 is 0 Å². The molecule has 0 atom stereocenters. The molecule has 7 nitrogen and oxygen atoms in total. The van der Waals surface area contributed by atoms with Gasteiger partial charge in [-0.3, -0.25) is 0 Å². The van der Waals surface area contributed by atoms with E-state index in [1.807, 2.05) is 34.6 Å². The molecule has 0 aliphatic heterocycles. The lowest BCUT2D eigenvalue weighted by atomic mass is 10.2. The number of aliphatic imine (C=N–C) groups is 1. The Labute approximate surface area is 167 Å². The Morgan fingerprint density at radius 1 is 1.33 bits per heavy atom. The molecule has 0 bridgehead atoms. The van der Waals surface area contributed by atoms with Gasteiger partial charge in [0.25, 0.3) is 0 Å². The van der Waals surface area contributed by atoms with Gasteiger partial charge in [0.1, 0.15) is 10.6 Å². The minimum atomic E-state index is -0.489. The van der Waals surface area contributed by atoms with Crippen LogP contribution in [0.2, 0.25) is 0 Å². The van der Waals surface area contributed by atoms with Crippen molar-refractivity contribution in [1.29, 1.82) is 0 Å². The maximum absolute atomic E-state index is 12.2. The van der Waals surface area contributed by atoms with Crippen LogP contribution in [0.4, 0.5) is 4.79 Å². The van der Waals surface area contributed by atoms with E-state index in [-0.39, 0.29) is 6.09 Å². The van der Waals surface area contributed by atoms with E-state index in [0.717, 1.165) is 23.2 Å². The van der Waals surface area contributed by atoms with Crippen molar-refractivity contribution in [2.24, 2.45) is 4.99 Å². The molecule has 1 rings (SSSR count). The second-order valence-electron chi connectivity index (χ2n) is 7.50. The fourth-order valence-corrected chi connectivity index (χ4v) is 3.04. The zero-order valence-corrected chi connectivity index (χ0v) is 18.6. The van der Waals surface area contributed by atoms with Crippen LogP contribution < -0.4 is 10.6 Å². The monoisotopic (exact) mass is 397 g/mol. The molecule has 0 aliphatic carbocycles. The van der Waals surface area contributed by atoms with E-state index in [0.29, 0.717) is 32.1 Å². The van der Waals surface area contributed by atoms with Crippen molar-refractivity contribution < 1.29 is 9.53 Å². The maximum Gasteiger partial charge on any atom is 0.410 e. The lowest BCUT2D eigenvalue weighted by Gasteiger charge is -2.26. The molecule has 0 fully saturated rings. The lowest BCUT2D eigenvalue weighted by molar-refractivity contribution is 0.0264. The van der Waals surface area contributed by atoms with Gasteiger partial charge in [0.2, 0.25) is 0 Å². The van der Waals surface area contributed by atoms with Crippen LogP contribution in [0.3, 0.4) is 0 Å². The van der Waals surface area contributed by atoms with Crippen molar-refractivity contribution in [2.75, 3.05) is 26.2 Å². The number of hydrogen-bond acceptors (Lipinski definition) is 5. The summed E-state index contributed by atoms with van der Waals surface area (Å²) in [4.78, 5) is 23.1. The first-order chi connectivity index (χ1) is 12.7. The van der Waals surface area contributed by atoms with E-state index in [1.165, 1.54) is 0 Å². The third-order valence-electron chi connectivity index (χ3n) is 3.59. The van der Waals surface area contributed by atoms with Crippen molar-refractivity contribution in [3.63, 3.8) is 0 Å². The van der Waals surface area contributed by atoms with Crippen molar-refractivity contribution in [1.82, 2.24) is 20.5 Å². The number of guanidine groups is 1. The molecule has 1 aromatic heterocycles. The fraction of sp³-hybridized carbons (Fsp3) is 0.737. The van der Waals surface area contributed by atoms with Crippen LogP contribution in [0.25, 0.3) is 0 Å². The number of nitrogens with one attached hydrogen (secondary N) is 2.